The summed E-state index contributed by atoms with van der Waals surface area (Å²) in [6, 6.07) is 1.15. The molecular formula is C10H11ClFNO2. The van der Waals surface area contributed by atoms with Crippen molar-refractivity contribution < 1.29 is 14.6 Å². The first-order chi connectivity index (χ1) is 7.11. The molecule has 5 heteroatoms. The van der Waals surface area contributed by atoms with E-state index in [1.807, 2.05) is 0 Å². The molecule has 1 heterocycles. The lowest BCUT2D eigenvalue weighted by Crippen LogP contribution is -2.08. The van der Waals surface area contributed by atoms with Crippen LogP contribution in [0.3, 0.4) is 0 Å². The quantitative estimate of drug-likeness (QED) is 0.693. The van der Waals surface area contributed by atoms with Crippen molar-refractivity contribution in [3.8, 4) is 11.5 Å². The second kappa shape index (κ2) is 3.87. The molecule has 1 unspecified atom stereocenters. The molecule has 2 rings (SSSR count). The van der Waals surface area contributed by atoms with E-state index in [1.165, 1.54) is 0 Å². The number of hydrogen-bond acceptors (Lipinski definition) is 3. The highest BCUT2D eigenvalue weighted by Crippen LogP contribution is 2.41. The molecule has 0 saturated carbocycles. The molecule has 1 aliphatic heterocycles. The third-order valence-electron chi connectivity index (χ3n) is 2.70. The van der Waals surface area contributed by atoms with Gasteiger partial charge in [-0.1, -0.05) is 11.6 Å². The normalized spacial score (nSPS) is 20.8. The van der Waals surface area contributed by atoms with Gasteiger partial charge in [0.2, 0.25) is 0 Å². The van der Waals surface area contributed by atoms with Crippen molar-refractivity contribution in [2.24, 2.45) is 0 Å². The van der Waals surface area contributed by atoms with Gasteiger partial charge in [0.25, 0.3) is 0 Å². The first-order valence-corrected chi connectivity index (χ1v) is 5.09. The van der Waals surface area contributed by atoms with Crippen molar-refractivity contribution in [1.82, 2.24) is 5.32 Å². The monoisotopic (exact) mass is 231 g/mol. The van der Waals surface area contributed by atoms with Crippen LogP contribution < -0.4 is 5.32 Å². The molecule has 3 N–H and O–H groups in total. The van der Waals surface area contributed by atoms with E-state index < -0.39 is 11.6 Å². The fraction of sp³-hybridized carbons (Fsp3) is 0.400. The third kappa shape index (κ3) is 1.75. The van der Waals surface area contributed by atoms with Crippen LogP contribution in [0.25, 0.3) is 0 Å². The molecule has 1 aliphatic rings. The summed E-state index contributed by atoms with van der Waals surface area (Å²) < 4.78 is 13.2. The van der Waals surface area contributed by atoms with Crippen molar-refractivity contribution in [2.75, 3.05) is 13.1 Å². The van der Waals surface area contributed by atoms with Gasteiger partial charge in [0, 0.05) is 18.0 Å². The van der Waals surface area contributed by atoms with Gasteiger partial charge >= 0.3 is 0 Å². The Bertz CT molecular complexity index is 391. The van der Waals surface area contributed by atoms with Crippen LogP contribution in [-0.2, 0) is 0 Å². The number of phenols is 2. The molecule has 0 radical (unpaired) electrons. The molecule has 0 aliphatic carbocycles. The van der Waals surface area contributed by atoms with Crippen LogP contribution in [0.4, 0.5) is 4.39 Å². The molecule has 1 aromatic carbocycles. The summed E-state index contributed by atoms with van der Waals surface area (Å²) in [6.45, 7) is 1.53. The second-order valence-electron chi connectivity index (χ2n) is 3.65. The summed E-state index contributed by atoms with van der Waals surface area (Å²) >= 11 is 5.61. The number of phenolic OH excluding ortho intramolecular Hbond substituents is 2. The van der Waals surface area contributed by atoms with Crippen LogP contribution in [0.15, 0.2) is 6.07 Å². The Morgan fingerprint density at radius 1 is 1.40 bits per heavy atom. The van der Waals surface area contributed by atoms with Crippen LogP contribution in [-0.4, -0.2) is 23.3 Å². The Labute approximate surface area is 91.5 Å². The maximum absolute atomic E-state index is 13.2. The van der Waals surface area contributed by atoms with Crippen molar-refractivity contribution in [2.45, 2.75) is 12.3 Å². The molecule has 1 atom stereocenters. The number of benzene rings is 1. The molecule has 0 aromatic heterocycles. The molecule has 1 saturated heterocycles. The van der Waals surface area contributed by atoms with Crippen LogP contribution in [0, 0.1) is 5.82 Å². The number of hydrogen-bond donors (Lipinski definition) is 3. The maximum Gasteiger partial charge on any atom is 0.174 e. The zero-order valence-electron chi connectivity index (χ0n) is 7.93. The minimum Gasteiger partial charge on any atom is -0.506 e. The summed E-state index contributed by atoms with van der Waals surface area (Å²) in [5.74, 6) is -1.65. The lowest BCUT2D eigenvalue weighted by atomic mass is 9.97. The molecular weight excluding hydrogens is 221 g/mol. The number of nitrogens with one attached hydrogen (secondary N) is 1. The average Bonchev–Trinajstić information content (AvgIpc) is 2.73. The Balaban J connectivity index is 2.47. The van der Waals surface area contributed by atoms with E-state index in [2.05, 4.69) is 5.32 Å². The Kier molecular flexibility index (Phi) is 2.71. The second-order valence-corrected chi connectivity index (χ2v) is 4.03. The molecule has 82 valence electrons. The zero-order valence-corrected chi connectivity index (χ0v) is 8.68. The van der Waals surface area contributed by atoms with Gasteiger partial charge in [-0.3, -0.25) is 0 Å². The first-order valence-electron chi connectivity index (χ1n) is 4.71. The summed E-state index contributed by atoms with van der Waals surface area (Å²) in [4.78, 5) is 0. The van der Waals surface area contributed by atoms with Gasteiger partial charge < -0.3 is 15.5 Å². The van der Waals surface area contributed by atoms with E-state index in [1.54, 1.807) is 0 Å². The lowest BCUT2D eigenvalue weighted by Gasteiger charge is -2.13. The minimum absolute atomic E-state index is 0.0533. The van der Waals surface area contributed by atoms with E-state index in [0.29, 0.717) is 12.1 Å². The standard InChI is InChI=1S/C10H11ClFNO2/c11-8-9(14)6(3-7(12)10(8)15)5-1-2-13-4-5/h3,5,13-15H,1-2,4H2. The highest BCUT2D eigenvalue weighted by Gasteiger charge is 2.24. The molecule has 3 nitrogen and oxygen atoms in total. The SMILES string of the molecule is Oc1c(F)cc(C2CCNC2)c(O)c1Cl. The van der Waals surface area contributed by atoms with Gasteiger partial charge in [-0.05, 0) is 19.0 Å². The van der Waals surface area contributed by atoms with Crippen LogP contribution in [0.2, 0.25) is 5.02 Å². The fourth-order valence-corrected chi connectivity index (χ4v) is 2.05. The Hall–Kier alpha value is -1.00. The summed E-state index contributed by atoms with van der Waals surface area (Å²) in [5, 5.41) is 21.7. The average molecular weight is 232 g/mol. The number of rotatable bonds is 1. The number of aromatic hydroxyl groups is 2. The molecule has 1 aromatic rings. The van der Waals surface area contributed by atoms with Crippen molar-refractivity contribution in [1.29, 1.82) is 0 Å². The largest absolute Gasteiger partial charge is 0.506 e. The Morgan fingerprint density at radius 2 is 2.13 bits per heavy atom. The van der Waals surface area contributed by atoms with E-state index in [9.17, 15) is 14.6 Å². The highest BCUT2D eigenvalue weighted by molar-refractivity contribution is 6.33. The van der Waals surface area contributed by atoms with Gasteiger partial charge in [0.05, 0.1) is 0 Å². The Morgan fingerprint density at radius 3 is 2.73 bits per heavy atom. The summed E-state index contributed by atoms with van der Waals surface area (Å²) in [7, 11) is 0. The smallest absolute Gasteiger partial charge is 0.174 e. The third-order valence-corrected chi connectivity index (χ3v) is 3.06. The van der Waals surface area contributed by atoms with Crippen molar-refractivity contribution in [3.63, 3.8) is 0 Å². The van der Waals surface area contributed by atoms with Crippen LogP contribution in [0.1, 0.15) is 17.9 Å². The lowest BCUT2D eigenvalue weighted by molar-refractivity contribution is 0.414. The van der Waals surface area contributed by atoms with E-state index in [0.717, 1.165) is 19.0 Å². The molecule has 1 fully saturated rings. The topological polar surface area (TPSA) is 52.5 Å². The minimum atomic E-state index is -0.792. The molecule has 0 bridgehead atoms. The van der Waals surface area contributed by atoms with Gasteiger partial charge in [0.1, 0.15) is 10.8 Å². The van der Waals surface area contributed by atoms with Gasteiger partial charge in [-0.2, -0.15) is 0 Å². The molecule has 0 amide bonds. The number of halogens is 2. The highest BCUT2D eigenvalue weighted by atomic mass is 35.5. The van der Waals surface area contributed by atoms with Gasteiger partial charge in [-0.25, -0.2) is 4.39 Å². The summed E-state index contributed by atoms with van der Waals surface area (Å²) in [5.41, 5.74) is 0.459. The molecule has 0 spiro atoms. The maximum atomic E-state index is 13.2. The van der Waals surface area contributed by atoms with Crippen molar-refractivity contribution in [3.05, 3.63) is 22.5 Å². The zero-order chi connectivity index (χ0) is 11.0. The van der Waals surface area contributed by atoms with Crippen LogP contribution >= 0.6 is 11.6 Å². The van der Waals surface area contributed by atoms with E-state index in [4.69, 9.17) is 11.6 Å². The van der Waals surface area contributed by atoms with Crippen molar-refractivity contribution >= 4 is 11.6 Å². The fourth-order valence-electron chi connectivity index (χ4n) is 1.85. The molecule has 15 heavy (non-hydrogen) atoms. The van der Waals surface area contributed by atoms with E-state index >= 15 is 0 Å². The predicted molar refractivity (Wildman–Crippen MR) is 55.0 cm³/mol. The summed E-state index contributed by atoms with van der Waals surface area (Å²) in [6.07, 6.45) is 0.827. The first kappa shape index (κ1) is 10.5. The van der Waals surface area contributed by atoms with Crippen LogP contribution in [0.5, 0.6) is 11.5 Å². The van der Waals surface area contributed by atoms with Gasteiger partial charge in [0.15, 0.2) is 11.6 Å². The van der Waals surface area contributed by atoms with E-state index in [-0.39, 0.29) is 16.7 Å². The van der Waals surface area contributed by atoms with Gasteiger partial charge in [-0.15, -0.1) is 0 Å². The predicted octanol–water partition coefficient (Wildman–Crippen LogP) is 1.97.